The van der Waals surface area contributed by atoms with Crippen LogP contribution in [0.15, 0.2) is 40.0 Å². The molecule has 0 saturated carbocycles. The van der Waals surface area contributed by atoms with Crippen LogP contribution in [-0.2, 0) is 0 Å². The maximum absolute atomic E-state index is 5.67. The standard InChI is InChI=1S/C11H11N5OS/c1-17-9-4-2-8(3-5-9)6-13-15-10(12)11-16-14-7-18-11/h2-7H,1H3,(H2,12,15)/b13-6+. The first-order valence-electron chi connectivity index (χ1n) is 5.06. The van der Waals surface area contributed by atoms with Crippen LogP contribution < -0.4 is 10.5 Å². The lowest BCUT2D eigenvalue weighted by molar-refractivity contribution is 0.415. The molecular weight excluding hydrogens is 250 g/mol. The molecule has 1 aromatic carbocycles. The van der Waals surface area contributed by atoms with Gasteiger partial charge in [0.2, 0.25) is 0 Å². The van der Waals surface area contributed by atoms with Crippen molar-refractivity contribution in [1.82, 2.24) is 10.2 Å². The van der Waals surface area contributed by atoms with Gasteiger partial charge in [0.05, 0.1) is 13.3 Å². The van der Waals surface area contributed by atoms with E-state index in [9.17, 15) is 0 Å². The Morgan fingerprint density at radius 1 is 1.39 bits per heavy atom. The number of nitrogens with two attached hydrogens (primary N) is 1. The molecule has 6 nitrogen and oxygen atoms in total. The van der Waals surface area contributed by atoms with Crippen molar-refractivity contribution >= 4 is 23.4 Å². The van der Waals surface area contributed by atoms with Gasteiger partial charge < -0.3 is 10.5 Å². The van der Waals surface area contributed by atoms with Crippen molar-refractivity contribution in [3.63, 3.8) is 0 Å². The summed E-state index contributed by atoms with van der Waals surface area (Å²) in [6.45, 7) is 0. The zero-order chi connectivity index (χ0) is 12.8. The quantitative estimate of drug-likeness (QED) is 0.510. The molecule has 0 bridgehead atoms. The summed E-state index contributed by atoms with van der Waals surface area (Å²) in [6.07, 6.45) is 1.60. The van der Waals surface area contributed by atoms with Crippen LogP contribution in [0.2, 0.25) is 0 Å². The van der Waals surface area contributed by atoms with Crippen LogP contribution in [0.5, 0.6) is 5.75 Å². The maximum atomic E-state index is 5.67. The van der Waals surface area contributed by atoms with E-state index in [2.05, 4.69) is 20.4 Å². The highest BCUT2D eigenvalue weighted by molar-refractivity contribution is 7.11. The van der Waals surface area contributed by atoms with Gasteiger partial charge in [-0.05, 0) is 29.8 Å². The predicted molar refractivity (Wildman–Crippen MR) is 71.2 cm³/mol. The first kappa shape index (κ1) is 12.2. The van der Waals surface area contributed by atoms with Crippen molar-refractivity contribution in [2.24, 2.45) is 15.9 Å². The highest BCUT2D eigenvalue weighted by Gasteiger charge is 2.00. The van der Waals surface area contributed by atoms with Gasteiger partial charge in [-0.3, -0.25) is 0 Å². The number of hydrogen-bond acceptors (Lipinski definition) is 6. The molecule has 0 saturated heterocycles. The number of methoxy groups -OCH3 is 1. The Labute approximate surface area is 108 Å². The molecule has 0 fully saturated rings. The monoisotopic (exact) mass is 261 g/mol. The molecule has 0 radical (unpaired) electrons. The van der Waals surface area contributed by atoms with Crippen LogP contribution in [0, 0.1) is 0 Å². The van der Waals surface area contributed by atoms with E-state index in [4.69, 9.17) is 10.5 Å². The zero-order valence-corrected chi connectivity index (χ0v) is 10.5. The summed E-state index contributed by atoms with van der Waals surface area (Å²) in [4.78, 5) is 0. The summed E-state index contributed by atoms with van der Waals surface area (Å²) in [6, 6.07) is 7.44. The second kappa shape index (κ2) is 5.87. The van der Waals surface area contributed by atoms with Crippen LogP contribution in [0.25, 0.3) is 0 Å². The Hall–Kier alpha value is -2.28. The van der Waals surface area contributed by atoms with Crippen LogP contribution in [0.1, 0.15) is 10.6 Å². The Bertz CT molecular complexity index is 547. The van der Waals surface area contributed by atoms with Gasteiger partial charge in [-0.15, -0.1) is 15.3 Å². The number of rotatable bonds is 4. The Morgan fingerprint density at radius 2 is 2.17 bits per heavy atom. The summed E-state index contributed by atoms with van der Waals surface area (Å²) < 4.78 is 5.05. The third-order valence-corrected chi connectivity index (χ3v) is 2.78. The molecule has 0 aliphatic carbocycles. The van der Waals surface area contributed by atoms with Crippen molar-refractivity contribution in [3.8, 4) is 5.75 Å². The van der Waals surface area contributed by atoms with Gasteiger partial charge >= 0.3 is 0 Å². The van der Waals surface area contributed by atoms with Gasteiger partial charge in [0.1, 0.15) is 11.3 Å². The second-order valence-corrected chi connectivity index (χ2v) is 4.08. The van der Waals surface area contributed by atoms with Crippen molar-refractivity contribution in [2.75, 3.05) is 7.11 Å². The largest absolute Gasteiger partial charge is 0.497 e. The Balaban J connectivity index is 2.04. The fraction of sp³-hybridized carbons (Fsp3) is 0.0909. The molecule has 0 spiro atoms. The number of amidine groups is 1. The van der Waals surface area contributed by atoms with Crippen LogP contribution in [0.3, 0.4) is 0 Å². The van der Waals surface area contributed by atoms with Gasteiger partial charge in [0, 0.05) is 0 Å². The van der Waals surface area contributed by atoms with Crippen LogP contribution in [0.4, 0.5) is 0 Å². The lowest BCUT2D eigenvalue weighted by Crippen LogP contribution is -2.12. The molecule has 7 heteroatoms. The minimum absolute atomic E-state index is 0.252. The minimum atomic E-state index is 0.252. The van der Waals surface area contributed by atoms with E-state index in [0.29, 0.717) is 5.01 Å². The number of ether oxygens (including phenoxy) is 1. The first-order valence-corrected chi connectivity index (χ1v) is 5.94. The zero-order valence-electron chi connectivity index (χ0n) is 9.65. The van der Waals surface area contributed by atoms with Gasteiger partial charge in [-0.25, -0.2) is 0 Å². The van der Waals surface area contributed by atoms with Crippen molar-refractivity contribution in [3.05, 3.63) is 40.3 Å². The SMILES string of the molecule is COc1ccc(/C=N/N=C(\N)c2nncs2)cc1. The molecular formula is C11H11N5OS. The number of aromatic nitrogens is 2. The third-order valence-electron chi connectivity index (χ3n) is 2.07. The Kier molecular flexibility index (Phi) is 3.98. The maximum Gasteiger partial charge on any atom is 0.184 e. The summed E-state index contributed by atoms with van der Waals surface area (Å²) in [7, 11) is 1.62. The van der Waals surface area contributed by atoms with E-state index >= 15 is 0 Å². The van der Waals surface area contributed by atoms with Gasteiger partial charge in [0.15, 0.2) is 10.8 Å². The molecule has 92 valence electrons. The number of benzene rings is 1. The highest BCUT2D eigenvalue weighted by atomic mass is 32.1. The average Bonchev–Trinajstić information content (AvgIpc) is 2.93. The smallest absolute Gasteiger partial charge is 0.184 e. The molecule has 0 aliphatic heterocycles. The molecule has 1 aromatic heterocycles. The summed E-state index contributed by atoms with van der Waals surface area (Å²) in [5, 5.41) is 15.7. The summed E-state index contributed by atoms with van der Waals surface area (Å²) in [5.74, 6) is 1.05. The Morgan fingerprint density at radius 3 is 2.78 bits per heavy atom. The van der Waals surface area contributed by atoms with E-state index in [-0.39, 0.29) is 5.84 Å². The first-order chi connectivity index (χ1) is 8.79. The lowest BCUT2D eigenvalue weighted by atomic mass is 10.2. The summed E-state index contributed by atoms with van der Waals surface area (Å²) in [5.41, 5.74) is 8.17. The fourth-order valence-electron chi connectivity index (χ4n) is 1.18. The van der Waals surface area contributed by atoms with Gasteiger partial charge in [0.25, 0.3) is 0 Å². The van der Waals surface area contributed by atoms with Crippen molar-refractivity contribution in [2.45, 2.75) is 0 Å². The molecule has 0 aliphatic rings. The van der Waals surface area contributed by atoms with Crippen LogP contribution >= 0.6 is 11.3 Å². The molecule has 0 atom stereocenters. The normalized spacial score (nSPS) is 11.9. The van der Waals surface area contributed by atoms with Gasteiger partial charge in [-0.1, -0.05) is 11.3 Å². The fourth-order valence-corrected chi connectivity index (χ4v) is 1.63. The topological polar surface area (TPSA) is 85.8 Å². The van der Waals surface area contributed by atoms with E-state index in [1.54, 1.807) is 18.8 Å². The third kappa shape index (κ3) is 3.11. The predicted octanol–water partition coefficient (Wildman–Crippen LogP) is 1.29. The molecule has 0 amide bonds. The van der Waals surface area contributed by atoms with E-state index in [1.165, 1.54) is 11.3 Å². The lowest BCUT2D eigenvalue weighted by Gasteiger charge is -1.97. The molecule has 2 aromatic rings. The average molecular weight is 261 g/mol. The molecule has 0 unspecified atom stereocenters. The second-order valence-electron chi connectivity index (χ2n) is 3.25. The molecule has 18 heavy (non-hydrogen) atoms. The van der Waals surface area contributed by atoms with Crippen molar-refractivity contribution < 1.29 is 4.74 Å². The number of hydrogen-bond donors (Lipinski definition) is 1. The summed E-state index contributed by atoms with van der Waals surface area (Å²) >= 11 is 1.31. The molecule has 2 rings (SSSR count). The highest BCUT2D eigenvalue weighted by Crippen LogP contribution is 2.09. The van der Waals surface area contributed by atoms with E-state index in [0.717, 1.165) is 11.3 Å². The van der Waals surface area contributed by atoms with Crippen molar-refractivity contribution in [1.29, 1.82) is 0 Å². The molecule has 2 N–H and O–H groups in total. The minimum Gasteiger partial charge on any atom is -0.497 e. The van der Waals surface area contributed by atoms with E-state index in [1.807, 2.05) is 24.3 Å². The van der Waals surface area contributed by atoms with Gasteiger partial charge in [-0.2, -0.15) is 5.10 Å². The van der Waals surface area contributed by atoms with E-state index < -0.39 is 0 Å². The molecule has 1 heterocycles. The number of nitrogens with zero attached hydrogens (tertiary/aromatic N) is 4. The van der Waals surface area contributed by atoms with Crippen LogP contribution in [-0.4, -0.2) is 29.4 Å².